The van der Waals surface area contributed by atoms with Crippen LogP contribution in [0.25, 0.3) is 0 Å². The van der Waals surface area contributed by atoms with E-state index in [0.717, 1.165) is 11.0 Å². The minimum atomic E-state index is -1.64. The number of rotatable bonds is 3. The first-order valence-corrected chi connectivity index (χ1v) is 4.79. The van der Waals surface area contributed by atoms with Crippen LogP contribution in [0.4, 0.5) is 0 Å². The molecule has 0 heterocycles. The third-order valence-corrected chi connectivity index (χ3v) is 1.47. The maximum Gasteiger partial charge on any atom is 0.339 e. The summed E-state index contributed by atoms with van der Waals surface area (Å²) in [6, 6.07) is 0. The van der Waals surface area contributed by atoms with Gasteiger partial charge in [0.05, 0.1) is 27.7 Å². The van der Waals surface area contributed by atoms with E-state index in [1.807, 2.05) is 0 Å². The van der Waals surface area contributed by atoms with E-state index in [1.54, 1.807) is 0 Å². The van der Waals surface area contributed by atoms with E-state index in [9.17, 15) is 4.79 Å². The predicted octanol–water partition coefficient (Wildman–Crippen LogP) is 0.950. The van der Waals surface area contributed by atoms with E-state index in [1.165, 1.54) is 6.92 Å². The third-order valence-electron chi connectivity index (χ3n) is 1.15. The number of nitrogens with zero attached hydrogens (tertiary/aromatic N) is 1. The molecule has 0 saturated heterocycles. The number of aliphatic carboxylic acids is 1. The zero-order valence-electron chi connectivity index (χ0n) is 8.92. The Morgan fingerprint density at radius 3 is 1.64 bits per heavy atom. The smallest absolute Gasteiger partial charge is 0.339 e. The summed E-state index contributed by atoms with van der Waals surface area (Å²) in [6.45, 7) is 2.31. The van der Waals surface area contributed by atoms with Gasteiger partial charge in [-0.15, -0.1) is 0 Å². The average molecular weight is 247 g/mol. The molecule has 0 rings (SSSR count). The average Bonchev–Trinajstić information content (AvgIpc) is 1.82. The molecular weight excluding hydrogens is 229 g/mol. The lowest BCUT2D eigenvalue weighted by Gasteiger charge is -2.21. The van der Waals surface area contributed by atoms with Gasteiger partial charge in [0.1, 0.15) is 6.54 Å². The second kappa shape index (κ2) is 6.45. The number of aliphatic hydroxyl groups is 1. The molecule has 0 bridgehead atoms. The molecule has 4 nitrogen and oxygen atoms in total. The van der Waals surface area contributed by atoms with Crippen LogP contribution in [0.1, 0.15) is 6.92 Å². The van der Waals surface area contributed by atoms with Crippen molar-refractivity contribution in [2.45, 2.75) is 11.3 Å². The van der Waals surface area contributed by atoms with Crippen molar-refractivity contribution in [3.63, 3.8) is 0 Å². The standard InChI is InChI=1S/C5H14NO.C3H4Cl2O2/c1-6(2,3)4-5-7;1-3(4,5)2(6)7/h7H,4-5H2,1-3H3;1H3,(H,6,7)/q+1;. The predicted molar refractivity (Wildman–Crippen MR) is 57.7 cm³/mol. The number of carbonyl (C=O) groups is 1. The Kier molecular flexibility index (Phi) is 7.56. The highest BCUT2D eigenvalue weighted by molar-refractivity contribution is 6.56. The second-order valence-corrected chi connectivity index (χ2v) is 5.64. The Bertz CT molecular complexity index is 172. The highest BCUT2D eigenvalue weighted by atomic mass is 35.5. The monoisotopic (exact) mass is 246 g/mol. The Morgan fingerprint density at radius 2 is 1.64 bits per heavy atom. The minimum Gasteiger partial charge on any atom is -0.479 e. The Hall–Kier alpha value is -0.0300. The second-order valence-electron chi connectivity index (χ2n) is 3.93. The van der Waals surface area contributed by atoms with Crippen LogP contribution in [0, 0.1) is 0 Å². The first-order chi connectivity index (χ1) is 6.00. The SMILES string of the molecule is CC(Cl)(Cl)C(=O)O.C[N+](C)(C)CCO. The Morgan fingerprint density at radius 1 is 1.36 bits per heavy atom. The largest absolute Gasteiger partial charge is 0.479 e. The number of carboxylic acid groups (broad SMARTS) is 1. The maximum absolute atomic E-state index is 9.76. The third kappa shape index (κ3) is 14.5. The van der Waals surface area contributed by atoms with Crippen LogP contribution < -0.4 is 0 Å². The minimum absolute atomic E-state index is 0.281. The molecule has 0 aromatic carbocycles. The van der Waals surface area contributed by atoms with Gasteiger partial charge < -0.3 is 14.7 Å². The molecule has 6 heteroatoms. The van der Waals surface area contributed by atoms with Crippen LogP contribution in [0.3, 0.4) is 0 Å². The van der Waals surface area contributed by atoms with Gasteiger partial charge >= 0.3 is 5.97 Å². The van der Waals surface area contributed by atoms with Gasteiger partial charge in [0.15, 0.2) is 0 Å². The molecular formula is C8H18Cl2NO3+. The summed E-state index contributed by atoms with van der Waals surface area (Å²) in [5.74, 6) is -1.23. The van der Waals surface area contributed by atoms with Gasteiger partial charge in [0.2, 0.25) is 4.33 Å². The zero-order chi connectivity index (χ0) is 12.0. The molecule has 0 aromatic heterocycles. The molecule has 0 saturated carbocycles. The number of quaternary nitrogens is 1. The molecule has 0 fully saturated rings. The molecule has 2 N–H and O–H groups in total. The maximum atomic E-state index is 9.76. The number of aliphatic hydroxyl groups excluding tert-OH is 1. The summed E-state index contributed by atoms with van der Waals surface area (Å²) < 4.78 is -0.795. The topological polar surface area (TPSA) is 57.5 Å². The molecule has 0 atom stereocenters. The van der Waals surface area contributed by atoms with E-state index in [2.05, 4.69) is 21.1 Å². The molecule has 86 valence electrons. The van der Waals surface area contributed by atoms with Crippen molar-refractivity contribution >= 4 is 29.2 Å². The normalized spacial score (nSPS) is 11.6. The van der Waals surface area contributed by atoms with E-state index in [4.69, 9.17) is 33.4 Å². The van der Waals surface area contributed by atoms with Crippen LogP contribution in [0.2, 0.25) is 0 Å². The fourth-order valence-electron chi connectivity index (χ4n) is 0.300. The van der Waals surface area contributed by atoms with Crippen LogP contribution in [-0.2, 0) is 4.79 Å². The number of halogens is 2. The van der Waals surface area contributed by atoms with E-state index in [0.29, 0.717) is 0 Å². The Balaban J connectivity index is 0. The lowest BCUT2D eigenvalue weighted by molar-refractivity contribution is -0.870. The molecule has 0 amide bonds. The number of hydrogen-bond acceptors (Lipinski definition) is 2. The summed E-state index contributed by atoms with van der Waals surface area (Å²) in [6.07, 6.45) is 0. The molecule has 0 aliphatic rings. The van der Waals surface area contributed by atoms with Crippen molar-refractivity contribution in [2.75, 3.05) is 34.3 Å². The van der Waals surface area contributed by atoms with Gasteiger partial charge in [-0.3, -0.25) is 0 Å². The van der Waals surface area contributed by atoms with Crippen LogP contribution >= 0.6 is 23.2 Å². The lowest BCUT2D eigenvalue weighted by Crippen LogP contribution is -2.36. The lowest BCUT2D eigenvalue weighted by atomic mass is 10.5. The molecule has 0 radical (unpaired) electrons. The van der Waals surface area contributed by atoms with Crippen molar-refractivity contribution in [2.24, 2.45) is 0 Å². The molecule has 0 aliphatic heterocycles. The van der Waals surface area contributed by atoms with Gasteiger partial charge in [-0.1, -0.05) is 23.2 Å². The highest BCUT2D eigenvalue weighted by Crippen LogP contribution is 2.18. The molecule has 14 heavy (non-hydrogen) atoms. The number of hydrogen-bond donors (Lipinski definition) is 2. The fourth-order valence-corrected chi connectivity index (χ4v) is 0.300. The van der Waals surface area contributed by atoms with Gasteiger partial charge in [0, 0.05) is 0 Å². The summed E-state index contributed by atoms with van der Waals surface area (Å²) in [4.78, 5) is 9.76. The van der Waals surface area contributed by atoms with Crippen LogP contribution in [-0.4, -0.2) is 59.3 Å². The molecule has 0 aliphatic carbocycles. The Labute approximate surface area is 94.6 Å². The zero-order valence-corrected chi connectivity index (χ0v) is 10.4. The first-order valence-electron chi connectivity index (χ1n) is 4.03. The van der Waals surface area contributed by atoms with E-state index in [-0.39, 0.29) is 6.61 Å². The van der Waals surface area contributed by atoms with Crippen LogP contribution in [0.15, 0.2) is 0 Å². The highest BCUT2D eigenvalue weighted by Gasteiger charge is 2.25. The van der Waals surface area contributed by atoms with E-state index < -0.39 is 10.3 Å². The van der Waals surface area contributed by atoms with Gasteiger partial charge in [-0.05, 0) is 6.92 Å². The summed E-state index contributed by atoms with van der Waals surface area (Å²) in [5, 5.41) is 16.4. The van der Waals surface area contributed by atoms with Gasteiger partial charge in [0.25, 0.3) is 0 Å². The van der Waals surface area contributed by atoms with Gasteiger partial charge in [-0.25, -0.2) is 4.79 Å². The number of carboxylic acids is 1. The molecule has 0 unspecified atom stereocenters. The van der Waals surface area contributed by atoms with Crippen molar-refractivity contribution in [1.29, 1.82) is 0 Å². The summed E-state index contributed by atoms with van der Waals surface area (Å²) >= 11 is 10.1. The molecule has 0 spiro atoms. The van der Waals surface area contributed by atoms with Gasteiger partial charge in [-0.2, -0.15) is 0 Å². The van der Waals surface area contributed by atoms with Crippen molar-refractivity contribution in [3.8, 4) is 0 Å². The first kappa shape index (κ1) is 16.4. The number of alkyl halides is 2. The van der Waals surface area contributed by atoms with Crippen molar-refractivity contribution < 1.29 is 19.5 Å². The fraction of sp³-hybridized carbons (Fsp3) is 0.875. The van der Waals surface area contributed by atoms with Crippen LogP contribution in [0.5, 0.6) is 0 Å². The summed E-state index contributed by atoms with van der Waals surface area (Å²) in [7, 11) is 6.16. The summed E-state index contributed by atoms with van der Waals surface area (Å²) in [5.41, 5.74) is 0. The quantitative estimate of drug-likeness (QED) is 0.576. The van der Waals surface area contributed by atoms with Crippen molar-refractivity contribution in [1.82, 2.24) is 0 Å². The number of likely N-dealkylation sites (N-methyl/N-ethyl adjacent to an activating group) is 1. The van der Waals surface area contributed by atoms with E-state index >= 15 is 0 Å². The molecule has 0 aromatic rings. The van der Waals surface area contributed by atoms with Crippen molar-refractivity contribution in [3.05, 3.63) is 0 Å².